The third-order valence-corrected chi connectivity index (χ3v) is 7.02. The Hall–Kier alpha value is -1.39. The minimum absolute atomic E-state index is 0.0254. The van der Waals surface area contributed by atoms with E-state index in [1.807, 2.05) is 0 Å². The number of carbonyl (C=O) groups excluding carboxylic acids is 1. The molecular weight excluding hydrogens is 480 g/mol. The Morgan fingerprint density at radius 1 is 0.903 bits per heavy atom. The molecule has 0 aliphatic rings. The fourth-order valence-corrected chi connectivity index (χ4v) is 3.84. The summed E-state index contributed by atoms with van der Waals surface area (Å²) in [7, 11) is -13.4. The van der Waals surface area contributed by atoms with Gasteiger partial charge in [-0.3, -0.25) is 4.79 Å². The monoisotopic (exact) mass is 507 g/mol. The van der Waals surface area contributed by atoms with Gasteiger partial charge < -0.3 is 13.9 Å². The maximum absolute atomic E-state index is 11.4. The van der Waals surface area contributed by atoms with E-state index in [0.717, 1.165) is 28.1 Å². The number of nitrogens with zero attached hydrogens (tertiary/aromatic N) is 2. The number of quaternary nitrogens is 1. The molecule has 1 amide bonds. The number of sulfonamides is 2. The predicted octanol–water partition coefficient (Wildman–Crippen LogP) is 3.00. The normalized spacial score (nSPS) is 13.2. The number of hydrogen-bond acceptors (Lipinski definition) is 5. The van der Waals surface area contributed by atoms with E-state index in [2.05, 4.69) is 32.7 Å². The number of nitrogens with one attached hydrogen (secondary N) is 1. The van der Waals surface area contributed by atoms with Gasteiger partial charge in [-0.2, -0.15) is 26.3 Å². The van der Waals surface area contributed by atoms with Crippen LogP contribution in [0, 0.1) is 0 Å². The summed E-state index contributed by atoms with van der Waals surface area (Å²) in [5, 5.41) is 2.88. The summed E-state index contributed by atoms with van der Waals surface area (Å²) in [5.41, 5.74) is -11.8. The molecule has 0 unspecified atom stereocenters. The molecule has 16 heteroatoms. The van der Waals surface area contributed by atoms with Crippen LogP contribution in [0.4, 0.5) is 26.3 Å². The van der Waals surface area contributed by atoms with Crippen molar-refractivity contribution in [3.8, 4) is 0 Å². The van der Waals surface area contributed by atoms with Crippen LogP contribution in [0.1, 0.15) is 34.1 Å². The van der Waals surface area contributed by atoms with Crippen LogP contribution in [-0.4, -0.2) is 71.0 Å². The van der Waals surface area contributed by atoms with E-state index in [1.165, 1.54) is 19.6 Å². The predicted molar refractivity (Wildman–Crippen MR) is 102 cm³/mol. The van der Waals surface area contributed by atoms with Gasteiger partial charge in [0.1, 0.15) is 0 Å². The summed E-state index contributed by atoms with van der Waals surface area (Å²) in [6.45, 7) is 17.5. The summed E-state index contributed by atoms with van der Waals surface area (Å²) in [5.74, 6) is -0.0254. The number of halogens is 6. The van der Waals surface area contributed by atoms with Crippen molar-refractivity contribution in [3.05, 3.63) is 16.3 Å². The van der Waals surface area contributed by atoms with Crippen molar-refractivity contribution in [2.75, 3.05) is 32.7 Å². The van der Waals surface area contributed by atoms with Crippen LogP contribution in [0.5, 0.6) is 0 Å². The highest BCUT2D eigenvalue weighted by Crippen LogP contribution is 2.36. The largest absolute Gasteiger partial charge is 0.480 e. The second-order valence-electron chi connectivity index (χ2n) is 6.32. The van der Waals surface area contributed by atoms with Crippen molar-refractivity contribution in [1.82, 2.24) is 5.32 Å². The topological polar surface area (TPSA) is 111 Å². The molecular formula is C15H27F6N3O5S2. The molecule has 0 rings (SSSR count). The van der Waals surface area contributed by atoms with Gasteiger partial charge in [0.25, 0.3) is 0 Å². The average molecular weight is 508 g/mol. The quantitative estimate of drug-likeness (QED) is 0.212. The molecule has 0 aromatic rings. The van der Waals surface area contributed by atoms with Crippen LogP contribution in [0.15, 0.2) is 12.2 Å². The number of alkyl halides is 6. The summed E-state index contributed by atoms with van der Waals surface area (Å²) in [6, 6.07) is 0. The van der Waals surface area contributed by atoms with Crippen molar-refractivity contribution < 1.29 is 52.5 Å². The molecule has 1 N–H and O–H groups in total. The van der Waals surface area contributed by atoms with Crippen molar-refractivity contribution >= 4 is 26.0 Å². The van der Waals surface area contributed by atoms with Crippen molar-refractivity contribution in [2.24, 2.45) is 0 Å². The van der Waals surface area contributed by atoms with Crippen LogP contribution in [0.2, 0.25) is 0 Å². The third kappa shape index (κ3) is 10.7. The van der Waals surface area contributed by atoms with Crippen molar-refractivity contribution in [3.63, 3.8) is 0 Å². The summed E-state index contributed by atoms with van der Waals surface area (Å²) < 4.78 is 110. The molecule has 0 saturated carbocycles. The number of hydrogen-bond donors (Lipinski definition) is 1. The lowest BCUT2D eigenvalue weighted by molar-refractivity contribution is -0.923. The summed E-state index contributed by atoms with van der Waals surface area (Å²) in [4.78, 5) is 11.3. The first-order valence-corrected chi connectivity index (χ1v) is 11.8. The molecule has 31 heavy (non-hydrogen) atoms. The first-order valence-electron chi connectivity index (χ1n) is 8.87. The van der Waals surface area contributed by atoms with E-state index in [0.29, 0.717) is 5.57 Å². The number of carbonyl (C=O) groups is 1. The highest BCUT2D eigenvalue weighted by atomic mass is 32.3. The molecule has 0 heterocycles. The smallest absolute Gasteiger partial charge is 0.421 e. The zero-order chi connectivity index (χ0) is 25.3. The lowest BCUT2D eigenvalue weighted by atomic mass is 10.2. The lowest BCUT2D eigenvalue weighted by Gasteiger charge is -2.35. The lowest BCUT2D eigenvalue weighted by Crippen LogP contribution is -2.48. The molecule has 0 aliphatic heterocycles. The van der Waals surface area contributed by atoms with Gasteiger partial charge in [-0.1, -0.05) is 6.58 Å². The van der Waals surface area contributed by atoms with Crippen molar-refractivity contribution in [2.45, 2.75) is 45.1 Å². The zero-order valence-electron chi connectivity index (χ0n) is 17.5. The molecule has 0 aliphatic carbocycles. The Balaban J connectivity index is 0. The van der Waals surface area contributed by atoms with E-state index in [9.17, 15) is 48.0 Å². The van der Waals surface area contributed by atoms with Crippen molar-refractivity contribution in [1.29, 1.82) is 0 Å². The van der Waals surface area contributed by atoms with Crippen LogP contribution in [-0.2, 0) is 24.8 Å². The first-order chi connectivity index (χ1) is 13.7. The highest BCUT2D eigenvalue weighted by molar-refractivity contribution is 8.13. The van der Waals surface area contributed by atoms with Gasteiger partial charge in [-0.05, 0) is 27.7 Å². The third-order valence-electron chi connectivity index (χ3n) is 4.28. The molecule has 0 atom stereocenters. The van der Waals surface area contributed by atoms with Crippen LogP contribution >= 0.6 is 0 Å². The van der Waals surface area contributed by atoms with E-state index >= 15 is 0 Å². The van der Waals surface area contributed by atoms with Gasteiger partial charge >= 0.3 is 11.0 Å². The Morgan fingerprint density at radius 2 is 1.26 bits per heavy atom. The van der Waals surface area contributed by atoms with E-state index < -0.39 is 31.1 Å². The Bertz CT molecular complexity index is 754. The number of amides is 1. The average Bonchev–Trinajstić information content (AvgIpc) is 2.60. The molecule has 0 radical (unpaired) electrons. The van der Waals surface area contributed by atoms with Crippen LogP contribution < -0.4 is 5.32 Å². The van der Waals surface area contributed by atoms with E-state index in [-0.39, 0.29) is 5.91 Å². The molecule has 0 spiro atoms. The molecule has 0 saturated heterocycles. The molecule has 0 aromatic carbocycles. The Morgan fingerprint density at radius 3 is 1.52 bits per heavy atom. The maximum atomic E-state index is 11.4. The van der Waals surface area contributed by atoms with E-state index in [4.69, 9.17) is 0 Å². The molecule has 8 nitrogen and oxygen atoms in total. The van der Waals surface area contributed by atoms with Gasteiger partial charge in [-0.25, -0.2) is 16.8 Å². The highest BCUT2D eigenvalue weighted by Gasteiger charge is 2.46. The summed E-state index contributed by atoms with van der Waals surface area (Å²) >= 11 is 0. The second-order valence-corrected chi connectivity index (χ2v) is 9.74. The fraction of sp³-hybridized carbons (Fsp3) is 0.800. The zero-order valence-corrected chi connectivity index (χ0v) is 19.1. The van der Waals surface area contributed by atoms with Gasteiger partial charge in [-0.15, -0.1) is 0 Å². The van der Waals surface area contributed by atoms with Gasteiger partial charge in [0, 0.05) is 18.5 Å². The Kier molecular flexibility index (Phi) is 12.3. The van der Waals surface area contributed by atoms with E-state index in [1.54, 1.807) is 6.92 Å². The fourth-order valence-electron chi connectivity index (χ4n) is 2.13. The summed E-state index contributed by atoms with van der Waals surface area (Å²) in [6.07, 6.45) is 1.04. The molecule has 186 valence electrons. The second kappa shape index (κ2) is 12.0. The minimum atomic E-state index is -6.72. The molecule has 0 bridgehead atoms. The SMILES string of the molecule is C=C(C)C(=O)NCCC[N+](CC)(CC)CC.O=S(=O)([N-]S(=O)(=O)C(F)(F)F)C(F)(F)F. The molecule has 0 aromatic heterocycles. The molecule has 0 fully saturated rings. The van der Waals surface area contributed by atoms with Crippen LogP contribution in [0.3, 0.4) is 0 Å². The van der Waals surface area contributed by atoms with Gasteiger partial charge in [0.05, 0.1) is 26.2 Å². The standard InChI is InChI=1S/C13H26N2O.C2F6NO4S2/c1-6-15(7-2,8-3)11-9-10-14-13(16)12(4)5;3-1(4,5)14(10,11)9-15(12,13)2(6,7)8/h4,6-11H2,1-3,5H3;/q;-1/p+1. The maximum Gasteiger partial charge on any atom is 0.480 e. The minimum Gasteiger partial charge on any atom is -0.421 e. The van der Waals surface area contributed by atoms with Gasteiger partial charge in [0.2, 0.25) is 5.91 Å². The van der Waals surface area contributed by atoms with Crippen LogP contribution in [0.25, 0.3) is 4.13 Å². The first kappa shape index (κ1) is 31.8. The number of rotatable bonds is 10. The van der Waals surface area contributed by atoms with Gasteiger partial charge in [0.15, 0.2) is 20.0 Å². The Labute approximate surface area is 178 Å².